The molecule has 1 aromatic carbocycles. The molecule has 4 heteroatoms. The Kier molecular flexibility index (Phi) is 3.97. The Morgan fingerprint density at radius 2 is 1.85 bits per heavy atom. The van der Waals surface area contributed by atoms with Crippen LogP contribution < -0.4 is 0 Å². The third-order valence-electron chi connectivity index (χ3n) is 4.14. The van der Waals surface area contributed by atoms with Gasteiger partial charge in [0.1, 0.15) is 0 Å². The van der Waals surface area contributed by atoms with Crippen molar-refractivity contribution >= 4 is 11.5 Å². The van der Waals surface area contributed by atoms with Gasteiger partial charge in [0.25, 0.3) is 0 Å². The molecule has 0 radical (unpaired) electrons. The van der Waals surface area contributed by atoms with Gasteiger partial charge in [0, 0.05) is 27.1 Å². The molecule has 0 aliphatic heterocycles. The molecule has 2 atom stereocenters. The van der Waals surface area contributed by atoms with Gasteiger partial charge in [0.15, 0.2) is 5.60 Å². The molecule has 0 bridgehead atoms. The standard InChI is InChI=1S/C16H20O4/c1-15(19-2)11-16(20-3,14(17)18)10-9-13(15)12-7-5-4-6-8-12/h4-9H,10-11H2,1-3H3,(H,17,18). The zero-order valence-electron chi connectivity index (χ0n) is 12.1. The monoisotopic (exact) mass is 276 g/mol. The minimum atomic E-state index is -1.22. The molecule has 1 aliphatic carbocycles. The predicted octanol–water partition coefficient (Wildman–Crippen LogP) is 2.74. The first kappa shape index (κ1) is 14.8. The third kappa shape index (κ3) is 2.37. The van der Waals surface area contributed by atoms with Crippen molar-refractivity contribution in [2.45, 2.75) is 31.0 Å². The summed E-state index contributed by atoms with van der Waals surface area (Å²) in [5.74, 6) is -0.952. The maximum absolute atomic E-state index is 11.5. The topological polar surface area (TPSA) is 55.8 Å². The molecule has 0 amide bonds. The van der Waals surface area contributed by atoms with Gasteiger partial charge in [-0.3, -0.25) is 0 Å². The summed E-state index contributed by atoms with van der Waals surface area (Å²) in [7, 11) is 3.04. The van der Waals surface area contributed by atoms with Crippen LogP contribution in [-0.4, -0.2) is 36.5 Å². The van der Waals surface area contributed by atoms with Gasteiger partial charge in [-0.05, 0) is 18.1 Å². The van der Waals surface area contributed by atoms with Crippen LogP contribution in [0.5, 0.6) is 0 Å². The molecule has 0 saturated carbocycles. The van der Waals surface area contributed by atoms with E-state index in [1.807, 2.05) is 43.3 Å². The van der Waals surface area contributed by atoms with Crippen LogP contribution in [0.1, 0.15) is 25.3 Å². The van der Waals surface area contributed by atoms with Crippen molar-refractivity contribution < 1.29 is 19.4 Å². The van der Waals surface area contributed by atoms with E-state index < -0.39 is 17.2 Å². The lowest BCUT2D eigenvalue weighted by Crippen LogP contribution is -2.50. The fraction of sp³-hybridized carbons (Fsp3) is 0.438. The van der Waals surface area contributed by atoms with Crippen LogP contribution in [-0.2, 0) is 14.3 Å². The fourth-order valence-corrected chi connectivity index (χ4v) is 2.82. The number of rotatable bonds is 4. The highest BCUT2D eigenvalue weighted by Crippen LogP contribution is 2.43. The van der Waals surface area contributed by atoms with E-state index in [9.17, 15) is 9.90 Å². The summed E-state index contributed by atoms with van der Waals surface area (Å²) in [5.41, 5.74) is 0.151. The lowest BCUT2D eigenvalue weighted by molar-refractivity contribution is -0.169. The number of ether oxygens (including phenoxy) is 2. The SMILES string of the molecule is COC1(C)CC(OC)(C(=O)O)CC=C1c1ccccc1. The van der Waals surface area contributed by atoms with Gasteiger partial charge in [0.05, 0.1) is 5.60 Å². The summed E-state index contributed by atoms with van der Waals surface area (Å²) < 4.78 is 10.9. The van der Waals surface area contributed by atoms with Crippen LogP contribution in [0.3, 0.4) is 0 Å². The molecule has 0 heterocycles. The number of carbonyl (C=O) groups is 1. The van der Waals surface area contributed by atoms with Gasteiger partial charge in [-0.1, -0.05) is 36.4 Å². The van der Waals surface area contributed by atoms with Crippen molar-refractivity contribution in [1.82, 2.24) is 0 Å². The minimum Gasteiger partial charge on any atom is -0.479 e. The molecule has 1 N–H and O–H groups in total. The first-order valence-corrected chi connectivity index (χ1v) is 6.57. The normalized spacial score (nSPS) is 29.9. The molecule has 0 aromatic heterocycles. The number of hydrogen-bond acceptors (Lipinski definition) is 3. The van der Waals surface area contributed by atoms with Crippen molar-refractivity contribution in [3.63, 3.8) is 0 Å². The Morgan fingerprint density at radius 3 is 2.35 bits per heavy atom. The second-order valence-electron chi connectivity index (χ2n) is 5.30. The lowest BCUT2D eigenvalue weighted by atomic mass is 9.73. The van der Waals surface area contributed by atoms with Crippen LogP contribution in [0.15, 0.2) is 36.4 Å². The third-order valence-corrected chi connectivity index (χ3v) is 4.14. The van der Waals surface area contributed by atoms with E-state index in [1.165, 1.54) is 7.11 Å². The summed E-state index contributed by atoms with van der Waals surface area (Å²) in [6.07, 6.45) is 2.53. The summed E-state index contributed by atoms with van der Waals surface area (Å²) >= 11 is 0. The van der Waals surface area contributed by atoms with Crippen LogP contribution >= 0.6 is 0 Å². The maximum atomic E-state index is 11.5. The number of benzene rings is 1. The summed E-state index contributed by atoms with van der Waals surface area (Å²) in [4.78, 5) is 11.5. The van der Waals surface area contributed by atoms with Crippen LogP contribution in [0.4, 0.5) is 0 Å². The smallest absolute Gasteiger partial charge is 0.336 e. The number of aliphatic carboxylic acids is 1. The Bertz CT molecular complexity index is 523. The predicted molar refractivity (Wildman–Crippen MR) is 76.4 cm³/mol. The summed E-state index contributed by atoms with van der Waals surface area (Å²) in [6, 6.07) is 9.88. The molecule has 0 saturated heterocycles. The van der Waals surface area contributed by atoms with Gasteiger partial charge >= 0.3 is 5.97 Å². The van der Waals surface area contributed by atoms with Crippen molar-refractivity contribution in [1.29, 1.82) is 0 Å². The summed E-state index contributed by atoms with van der Waals surface area (Å²) in [6.45, 7) is 1.90. The molecule has 0 spiro atoms. The van der Waals surface area contributed by atoms with E-state index in [2.05, 4.69) is 0 Å². The maximum Gasteiger partial charge on any atom is 0.336 e. The molecular formula is C16H20O4. The largest absolute Gasteiger partial charge is 0.479 e. The van der Waals surface area contributed by atoms with Gasteiger partial charge in [0.2, 0.25) is 0 Å². The molecule has 4 nitrogen and oxygen atoms in total. The van der Waals surface area contributed by atoms with Crippen molar-refractivity contribution in [2.24, 2.45) is 0 Å². The molecule has 2 unspecified atom stereocenters. The van der Waals surface area contributed by atoms with E-state index >= 15 is 0 Å². The number of hydrogen-bond donors (Lipinski definition) is 1. The highest BCUT2D eigenvalue weighted by atomic mass is 16.5. The van der Waals surface area contributed by atoms with E-state index in [0.717, 1.165) is 11.1 Å². The minimum absolute atomic E-state index is 0.281. The lowest BCUT2D eigenvalue weighted by Gasteiger charge is -2.42. The van der Waals surface area contributed by atoms with E-state index in [4.69, 9.17) is 9.47 Å². The van der Waals surface area contributed by atoms with Gasteiger partial charge in [-0.15, -0.1) is 0 Å². The van der Waals surface area contributed by atoms with E-state index in [1.54, 1.807) is 7.11 Å². The van der Waals surface area contributed by atoms with Crippen LogP contribution in [0, 0.1) is 0 Å². The Morgan fingerprint density at radius 1 is 1.20 bits per heavy atom. The molecule has 2 rings (SSSR count). The average Bonchev–Trinajstić information content (AvgIpc) is 2.47. The highest BCUT2D eigenvalue weighted by molar-refractivity contribution is 5.82. The van der Waals surface area contributed by atoms with Crippen molar-refractivity contribution in [2.75, 3.05) is 14.2 Å². The average molecular weight is 276 g/mol. The first-order valence-electron chi connectivity index (χ1n) is 6.57. The highest BCUT2D eigenvalue weighted by Gasteiger charge is 2.49. The van der Waals surface area contributed by atoms with Crippen molar-refractivity contribution in [3.05, 3.63) is 42.0 Å². The zero-order chi connectivity index (χ0) is 14.8. The van der Waals surface area contributed by atoms with E-state index in [-0.39, 0.29) is 6.42 Å². The Balaban J connectivity index is 2.47. The second kappa shape index (κ2) is 5.38. The molecule has 1 aliphatic rings. The van der Waals surface area contributed by atoms with Crippen molar-refractivity contribution in [3.8, 4) is 0 Å². The Labute approximate surface area is 119 Å². The molecule has 0 fully saturated rings. The number of methoxy groups -OCH3 is 2. The Hall–Kier alpha value is -1.65. The first-order chi connectivity index (χ1) is 9.47. The van der Waals surface area contributed by atoms with Gasteiger partial charge < -0.3 is 14.6 Å². The summed E-state index contributed by atoms with van der Waals surface area (Å²) in [5, 5.41) is 9.46. The molecule has 108 valence electrons. The fourth-order valence-electron chi connectivity index (χ4n) is 2.82. The van der Waals surface area contributed by atoms with Gasteiger partial charge in [-0.25, -0.2) is 4.79 Å². The van der Waals surface area contributed by atoms with Crippen LogP contribution in [0.2, 0.25) is 0 Å². The molecule has 1 aromatic rings. The second-order valence-corrected chi connectivity index (χ2v) is 5.30. The molecule has 20 heavy (non-hydrogen) atoms. The van der Waals surface area contributed by atoms with Gasteiger partial charge in [-0.2, -0.15) is 0 Å². The zero-order valence-corrected chi connectivity index (χ0v) is 12.1. The molecular weight excluding hydrogens is 256 g/mol. The number of carboxylic acid groups (broad SMARTS) is 1. The quantitative estimate of drug-likeness (QED) is 0.918. The van der Waals surface area contributed by atoms with E-state index in [0.29, 0.717) is 6.42 Å². The van der Waals surface area contributed by atoms with Crippen LogP contribution in [0.25, 0.3) is 5.57 Å². The number of carboxylic acids is 1.